The number of hydrogen-bond acceptors (Lipinski definition) is 3. The molecule has 2 aliphatic carbocycles. The van der Waals surface area contributed by atoms with Gasteiger partial charge in [-0.25, -0.2) is 0 Å². The molecular formula is C12H23NO2. The van der Waals surface area contributed by atoms with Crippen LogP contribution in [0.3, 0.4) is 0 Å². The van der Waals surface area contributed by atoms with Gasteiger partial charge in [0.05, 0.1) is 12.7 Å². The Bertz CT molecular complexity index is 202. The number of hydrogen-bond donors (Lipinski definition) is 1. The Morgan fingerprint density at radius 1 is 1.20 bits per heavy atom. The van der Waals surface area contributed by atoms with E-state index in [1.807, 2.05) is 6.92 Å². The highest BCUT2D eigenvalue weighted by atomic mass is 16.6. The van der Waals surface area contributed by atoms with E-state index in [4.69, 9.17) is 9.57 Å². The molecule has 0 radical (unpaired) electrons. The van der Waals surface area contributed by atoms with Gasteiger partial charge in [0.2, 0.25) is 0 Å². The van der Waals surface area contributed by atoms with Crippen LogP contribution in [0.1, 0.15) is 46.0 Å². The standard InChI is InChI=1S/C12H23NO2/c1-3-14-11-9-10(13-15-4-2)12(11)7-5-6-8-12/h10-11,13H,3-9H2,1-2H3. The first-order valence-electron chi connectivity index (χ1n) is 6.32. The lowest BCUT2D eigenvalue weighted by Gasteiger charge is -2.53. The summed E-state index contributed by atoms with van der Waals surface area (Å²) in [4.78, 5) is 5.35. The SMILES string of the molecule is CCONC1CC(OCC)C12CCCC2. The normalized spacial score (nSPS) is 33.2. The summed E-state index contributed by atoms with van der Waals surface area (Å²) in [6.07, 6.45) is 6.92. The van der Waals surface area contributed by atoms with Gasteiger partial charge in [0.25, 0.3) is 0 Å². The summed E-state index contributed by atoms with van der Waals surface area (Å²) in [6, 6.07) is 0.525. The van der Waals surface area contributed by atoms with Crippen molar-refractivity contribution < 1.29 is 9.57 Å². The molecule has 1 spiro atoms. The van der Waals surface area contributed by atoms with Crippen LogP contribution in [0.2, 0.25) is 0 Å². The predicted molar refractivity (Wildman–Crippen MR) is 59.5 cm³/mol. The van der Waals surface area contributed by atoms with Crippen molar-refractivity contribution in [1.29, 1.82) is 0 Å². The zero-order valence-electron chi connectivity index (χ0n) is 9.92. The molecule has 2 atom stereocenters. The largest absolute Gasteiger partial charge is 0.378 e. The molecule has 0 aromatic rings. The smallest absolute Gasteiger partial charge is 0.0662 e. The van der Waals surface area contributed by atoms with E-state index in [0.717, 1.165) is 19.6 Å². The third-order valence-electron chi connectivity index (χ3n) is 4.06. The van der Waals surface area contributed by atoms with Crippen LogP contribution in [0.4, 0.5) is 0 Å². The van der Waals surface area contributed by atoms with Crippen LogP contribution in [0, 0.1) is 5.41 Å². The van der Waals surface area contributed by atoms with Gasteiger partial charge in [-0.3, -0.25) is 0 Å². The van der Waals surface area contributed by atoms with Gasteiger partial charge in [-0.2, -0.15) is 5.48 Å². The molecule has 3 heteroatoms. The summed E-state index contributed by atoms with van der Waals surface area (Å²) in [5, 5.41) is 0. The van der Waals surface area contributed by atoms with E-state index in [9.17, 15) is 0 Å². The van der Waals surface area contributed by atoms with E-state index in [1.165, 1.54) is 25.7 Å². The summed E-state index contributed by atoms with van der Waals surface area (Å²) < 4.78 is 5.83. The minimum absolute atomic E-state index is 0.394. The van der Waals surface area contributed by atoms with E-state index in [0.29, 0.717) is 17.6 Å². The van der Waals surface area contributed by atoms with E-state index >= 15 is 0 Å². The van der Waals surface area contributed by atoms with Gasteiger partial charge in [-0.05, 0) is 33.1 Å². The van der Waals surface area contributed by atoms with Crippen molar-refractivity contribution >= 4 is 0 Å². The van der Waals surface area contributed by atoms with E-state index in [2.05, 4.69) is 12.4 Å². The van der Waals surface area contributed by atoms with Crippen LogP contribution in [0.5, 0.6) is 0 Å². The maximum atomic E-state index is 5.83. The van der Waals surface area contributed by atoms with E-state index in [1.54, 1.807) is 0 Å². The third-order valence-corrected chi connectivity index (χ3v) is 4.06. The van der Waals surface area contributed by atoms with Gasteiger partial charge in [0, 0.05) is 18.1 Å². The molecule has 2 saturated carbocycles. The summed E-state index contributed by atoms with van der Waals surface area (Å²) in [7, 11) is 0. The summed E-state index contributed by atoms with van der Waals surface area (Å²) in [6.45, 7) is 5.69. The molecule has 0 aromatic carbocycles. The minimum atomic E-state index is 0.394. The Kier molecular flexibility index (Phi) is 3.65. The fraction of sp³-hybridized carbons (Fsp3) is 1.00. The molecule has 1 N–H and O–H groups in total. The van der Waals surface area contributed by atoms with Crippen molar-refractivity contribution in [2.45, 2.75) is 58.1 Å². The second-order valence-corrected chi connectivity index (χ2v) is 4.72. The molecule has 3 nitrogen and oxygen atoms in total. The molecule has 2 unspecified atom stereocenters. The molecule has 0 bridgehead atoms. The maximum Gasteiger partial charge on any atom is 0.0662 e. The second kappa shape index (κ2) is 4.81. The Labute approximate surface area is 92.5 Å². The second-order valence-electron chi connectivity index (χ2n) is 4.72. The summed E-state index contributed by atoms with van der Waals surface area (Å²) >= 11 is 0. The highest BCUT2D eigenvalue weighted by molar-refractivity contribution is 5.09. The summed E-state index contributed by atoms with van der Waals surface area (Å²) in [5.74, 6) is 0. The highest BCUT2D eigenvalue weighted by Gasteiger charge is 2.56. The van der Waals surface area contributed by atoms with Crippen molar-refractivity contribution in [2.24, 2.45) is 5.41 Å². The zero-order chi connectivity index (χ0) is 10.7. The highest BCUT2D eigenvalue weighted by Crippen LogP contribution is 2.54. The minimum Gasteiger partial charge on any atom is -0.378 e. The quantitative estimate of drug-likeness (QED) is 0.711. The average Bonchev–Trinajstić information content (AvgIpc) is 2.74. The Morgan fingerprint density at radius 3 is 2.53 bits per heavy atom. The van der Waals surface area contributed by atoms with Gasteiger partial charge in [0.1, 0.15) is 0 Å². The number of hydroxylamine groups is 1. The molecule has 0 saturated heterocycles. The number of nitrogens with one attached hydrogen (secondary N) is 1. The lowest BCUT2D eigenvalue weighted by atomic mass is 9.61. The number of rotatable bonds is 5. The molecule has 2 aliphatic rings. The van der Waals surface area contributed by atoms with Crippen LogP contribution < -0.4 is 5.48 Å². The van der Waals surface area contributed by atoms with Crippen molar-refractivity contribution in [3.8, 4) is 0 Å². The van der Waals surface area contributed by atoms with Crippen molar-refractivity contribution in [3.63, 3.8) is 0 Å². The van der Waals surface area contributed by atoms with Gasteiger partial charge < -0.3 is 9.57 Å². The molecule has 0 amide bonds. The van der Waals surface area contributed by atoms with Crippen LogP contribution in [0.25, 0.3) is 0 Å². The zero-order valence-corrected chi connectivity index (χ0v) is 9.92. The number of ether oxygens (including phenoxy) is 1. The molecule has 15 heavy (non-hydrogen) atoms. The fourth-order valence-electron chi connectivity index (χ4n) is 3.24. The Balaban J connectivity index is 1.92. The first-order chi connectivity index (χ1) is 7.33. The molecule has 2 fully saturated rings. The van der Waals surface area contributed by atoms with Crippen LogP contribution in [-0.2, 0) is 9.57 Å². The van der Waals surface area contributed by atoms with Gasteiger partial charge in [0.15, 0.2) is 0 Å². The van der Waals surface area contributed by atoms with E-state index < -0.39 is 0 Å². The molecule has 0 aliphatic heterocycles. The molecular weight excluding hydrogens is 190 g/mol. The topological polar surface area (TPSA) is 30.5 Å². The lowest BCUT2D eigenvalue weighted by molar-refractivity contribution is -0.167. The first kappa shape index (κ1) is 11.4. The van der Waals surface area contributed by atoms with E-state index in [-0.39, 0.29) is 0 Å². The lowest BCUT2D eigenvalue weighted by Crippen LogP contribution is -2.62. The first-order valence-corrected chi connectivity index (χ1v) is 6.32. The maximum absolute atomic E-state index is 5.83. The predicted octanol–water partition coefficient (Wildman–Crippen LogP) is 2.27. The van der Waals surface area contributed by atoms with Crippen molar-refractivity contribution in [2.75, 3.05) is 13.2 Å². The van der Waals surface area contributed by atoms with Crippen molar-refractivity contribution in [3.05, 3.63) is 0 Å². The van der Waals surface area contributed by atoms with Crippen LogP contribution in [0.15, 0.2) is 0 Å². The molecule has 0 heterocycles. The molecule has 2 rings (SSSR count). The monoisotopic (exact) mass is 213 g/mol. The summed E-state index contributed by atoms with van der Waals surface area (Å²) in [5.41, 5.74) is 3.60. The van der Waals surface area contributed by atoms with Gasteiger partial charge in [-0.15, -0.1) is 0 Å². The third kappa shape index (κ3) is 1.93. The molecule has 0 aromatic heterocycles. The Hall–Kier alpha value is -0.120. The Morgan fingerprint density at radius 2 is 1.93 bits per heavy atom. The van der Waals surface area contributed by atoms with Gasteiger partial charge in [-0.1, -0.05) is 12.8 Å². The van der Waals surface area contributed by atoms with Crippen LogP contribution in [-0.4, -0.2) is 25.4 Å². The van der Waals surface area contributed by atoms with Crippen LogP contribution >= 0.6 is 0 Å². The average molecular weight is 213 g/mol. The van der Waals surface area contributed by atoms with Crippen molar-refractivity contribution in [1.82, 2.24) is 5.48 Å². The van der Waals surface area contributed by atoms with Gasteiger partial charge >= 0.3 is 0 Å². The fourth-order valence-corrected chi connectivity index (χ4v) is 3.24. The molecule has 88 valence electrons.